The van der Waals surface area contributed by atoms with Crippen LogP contribution in [0.3, 0.4) is 0 Å². The number of benzene rings is 2. The Morgan fingerprint density at radius 3 is 2.14 bits per heavy atom. The lowest BCUT2D eigenvalue weighted by Gasteiger charge is -2.48. The standard InChI is InChI=1S/C21H32N6O3.C18H25NO2/c1-4-19(28)27(18-9-7-6-8-10-18)21(17-30-3)11-13-24(14-12-21)15-16-26-20(29)25(5-2)22-23-26;1-4-9-16-14-19(3)13-12-18(16,21-17(20)5-2)15-10-7-6-8-11-15/h6-10H,4-5,11-17H2,1-3H3;4,6-8,10-11,16H,1,5,9,12-14H2,2-3H3. The van der Waals surface area contributed by atoms with Gasteiger partial charge in [0, 0.05) is 77.2 Å². The minimum atomic E-state index is -0.519. The van der Waals surface area contributed by atoms with Gasteiger partial charge in [-0.05, 0) is 61.4 Å². The number of amides is 1. The van der Waals surface area contributed by atoms with Gasteiger partial charge in [-0.25, -0.2) is 4.79 Å². The van der Waals surface area contributed by atoms with Crippen LogP contribution >= 0.6 is 0 Å². The van der Waals surface area contributed by atoms with Gasteiger partial charge in [0.2, 0.25) is 5.91 Å². The number of tetrazole rings is 1. The van der Waals surface area contributed by atoms with Crippen molar-refractivity contribution in [1.82, 2.24) is 29.6 Å². The maximum Gasteiger partial charge on any atom is 0.363 e. The molecule has 51 heavy (non-hydrogen) atoms. The lowest BCUT2D eigenvalue weighted by molar-refractivity contribution is -0.175. The summed E-state index contributed by atoms with van der Waals surface area (Å²) < 4.78 is 14.4. The molecule has 12 nitrogen and oxygen atoms in total. The molecule has 3 aromatic rings. The minimum Gasteiger partial charge on any atom is -0.454 e. The van der Waals surface area contributed by atoms with Crippen LogP contribution in [0.5, 0.6) is 0 Å². The summed E-state index contributed by atoms with van der Waals surface area (Å²) in [4.78, 5) is 43.7. The summed E-state index contributed by atoms with van der Waals surface area (Å²) in [5.74, 6) is 0.221. The number of piperidine rings is 2. The van der Waals surface area contributed by atoms with Crippen molar-refractivity contribution < 1.29 is 19.1 Å². The first-order valence-corrected chi connectivity index (χ1v) is 18.3. The van der Waals surface area contributed by atoms with E-state index in [0.29, 0.717) is 32.5 Å². The van der Waals surface area contributed by atoms with E-state index < -0.39 is 5.60 Å². The van der Waals surface area contributed by atoms with Crippen molar-refractivity contribution in [1.29, 1.82) is 0 Å². The predicted octanol–water partition coefficient (Wildman–Crippen LogP) is 4.75. The summed E-state index contributed by atoms with van der Waals surface area (Å²) in [5, 5.41) is 7.82. The van der Waals surface area contributed by atoms with Gasteiger partial charge in [0.05, 0.1) is 18.7 Å². The quantitative estimate of drug-likeness (QED) is 0.173. The van der Waals surface area contributed by atoms with E-state index in [-0.39, 0.29) is 29.0 Å². The summed E-state index contributed by atoms with van der Waals surface area (Å²) in [6.07, 6.45) is 6.07. The number of methoxy groups -OCH3 is 1. The number of esters is 1. The van der Waals surface area contributed by atoms with Crippen molar-refractivity contribution in [3.63, 3.8) is 0 Å². The monoisotopic (exact) mass is 703 g/mol. The molecule has 0 spiro atoms. The van der Waals surface area contributed by atoms with E-state index in [4.69, 9.17) is 9.47 Å². The van der Waals surface area contributed by atoms with Crippen molar-refractivity contribution in [2.75, 3.05) is 58.4 Å². The molecule has 0 aliphatic carbocycles. The van der Waals surface area contributed by atoms with E-state index in [1.165, 1.54) is 9.36 Å². The number of likely N-dealkylation sites (tertiary alicyclic amines) is 2. The average molecular weight is 704 g/mol. The molecular weight excluding hydrogens is 646 g/mol. The number of hydrogen-bond donors (Lipinski definition) is 0. The Labute approximate surface area is 303 Å². The van der Waals surface area contributed by atoms with E-state index >= 15 is 0 Å². The molecule has 5 rings (SSSR count). The molecular formula is C39H57N7O5. The molecule has 2 aliphatic rings. The summed E-state index contributed by atoms with van der Waals surface area (Å²) in [6.45, 7) is 15.2. The van der Waals surface area contributed by atoms with Gasteiger partial charge in [-0.2, -0.15) is 9.36 Å². The number of anilines is 1. The fourth-order valence-corrected chi connectivity index (χ4v) is 7.40. The van der Waals surface area contributed by atoms with Crippen molar-refractivity contribution in [3.8, 4) is 0 Å². The van der Waals surface area contributed by atoms with E-state index in [1.54, 1.807) is 7.11 Å². The molecule has 1 aromatic heterocycles. The predicted molar refractivity (Wildman–Crippen MR) is 199 cm³/mol. The number of carbonyl (C=O) groups is 2. The van der Waals surface area contributed by atoms with Gasteiger partial charge in [-0.3, -0.25) is 9.59 Å². The first-order valence-electron chi connectivity index (χ1n) is 18.3. The topological polar surface area (TPSA) is 115 Å². The number of aromatic nitrogens is 4. The second kappa shape index (κ2) is 18.9. The van der Waals surface area contributed by atoms with Crippen LogP contribution in [0.4, 0.5) is 5.69 Å². The Bertz CT molecular complexity index is 1590. The largest absolute Gasteiger partial charge is 0.454 e. The van der Waals surface area contributed by atoms with E-state index in [2.05, 4.69) is 46.0 Å². The third-order valence-corrected chi connectivity index (χ3v) is 10.2. The second-order valence-electron chi connectivity index (χ2n) is 13.5. The number of rotatable bonds is 14. The first kappa shape index (κ1) is 39.7. The van der Waals surface area contributed by atoms with Crippen LogP contribution in [0, 0.1) is 5.92 Å². The highest BCUT2D eigenvalue weighted by Gasteiger charge is 2.46. The van der Waals surface area contributed by atoms with Gasteiger partial charge < -0.3 is 24.2 Å². The number of ether oxygens (including phenoxy) is 2. The van der Waals surface area contributed by atoms with E-state index in [0.717, 1.165) is 69.7 Å². The lowest BCUT2D eigenvalue weighted by Crippen LogP contribution is -2.60. The number of allylic oxidation sites excluding steroid dienone is 1. The fraction of sp³-hybridized carbons (Fsp3) is 0.564. The summed E-state index contributed by atoms with van der Waals surface area (Å²) in [7, 11) is 3.81. The molecule has 2 fully saturated rings. The third-order valence-electron chi connectivity index (χ3n) is 10.2. The van der Waals surface area contributed by atoms with Gasteiger partial charge in [0.15, 0.2) is 0 Å². The molecule has 2 aliphatic heterocycles. The van der Waals surface area contributed by atoms with Gasteiger partial charge in [0.1, 0.15) is 5.60 Å². The second-order valence-corrected chi connectivity index (χ2v) is 13.5. The molecule has 2 atom stereocenters. The molecule has 2 unspecified atom stereocenters. The molecule has 0 radical (unpaired) electrons. The van der Waals surface area contributed by atoms with Crippen LogP contribution in [0.25, 0.3) is 0 Å². The van der Waals surface area contributed by atoms with Gasteiger partial charge >= 0.3 is 11.7 Å². The molecule has 12 heteroatoms. The van der Waals surface area contributed by atoms with Gasteiger partial charge in [0.25, 0.3) is 0 Å². The van der Waals surface area contributed by atoms with Crippen LogP contribution in [-0.2, 0) is 37.8 Å². The Morgan fingerprint density at radius 2 is 1.57 bits per heavy atom. The molecule has 1 amide bonds. The molecule has 278 valence electrons. The van der Waals surface area contributed by atoms with Crippen LogP contribution < -0.4 is 10.6 Å². The third kappa shape index (κ3) is 9.61. The highest BCUT2D eigenvalue weighted by atomic mass is 16.6. The minimum absolute atomic E-state index is 0.106. The molecule has 2 aromatic carbocycles. The maximum atomic E-state index is 13.0. The normalized spacial score (nSPS) is 20.5. The molecule has 0 N–H and O–H groups in total. The van der Waals surface area contributed by atoms with Crippen LogP contribution in [0.15, 0.2) is 78.1 Å². The van der Waals surface area contributed by atoms with Crippen LogP contribution in [0.2, 0.25) is 0 Å². The van der Waals surface area contributed by atoms with Crippen molar-refractivity contribution >= 4 is 17.6 Å². The Hall–Kier alpha value is -4.13. The lowest BCUT2D eigenvalue weighted by atomic mass is 9.74. The van der Waals surface area contributed by atoms with Crippen molar-refractivity contribution in [2.45, 2.75) is 83.5 Å². The molecule has 2 saturated heterocycles. The first-order chi connectivity index (χ1) is 24.7. The zero-order valence-corrected chi connectivity index (χ0v) is 31.2. The summed E-state index contributed by atoms with van der Waals surface area (Å²) in [6, 6.07) is 20.0. The number of nitrogens with zero attached hydrogens (tertiary/aromatic N) is 7. The fourth-order valence-electron chi connectivity index (χ4n) is 7.40. The average Bonchev–Trinajstić information content (AvgIpc) is 3.52. The zero-order chi connectivity index (χ0) is 36.9. The maximum absolute atomic E-state index is 13.0. The van der Waals surface area contributed by atoms with Gasteiger partial charge in [-0.1, -0.05) is 68.5 Å². The van der Waals surface area contributed by atoms with E-state index in [9.17, 15) is 14.4 Å². The Morgan fingerprint density at radius 1 is 0.922 bits per heavy atom. The molecule has 3 heterocycles. The highest BCUT2D eigenvalue weighted by Crippen LogP contribution is 2.43. The number of aryl methyl sites for hydroxylation is 1. The SMILES string of the molecule is C=CCC1CN(C)CCC1(OC(=O)CC)c1ccccc1.CCC(=O)N(c1ccccc1)C1(COC)CCN(CCn2nnn(CC)c2=O)CC1. The smallest absolute Gasteiger partial charge is 0.363 e. The highest BCUT2D eigenvalue weighted by molar-refractivity contribution is 5.94. The van der Waals surface area contributed by atoms with E-state index in [1.807, 2.05) is 80.3 Å². The summed E-state index contributed by atoms with van der Waals surface area (Å²) >= 11 is 0. The van der Waals surface area contributed by atoms with Crippen LogP contribution in [0.1, 0.15) is 64.9 Å². The Kier molecular flexibility index (Phi) is 14.7. The number of hydrogen-bond acceptors (Lipinski definition) is 9. The number of para-hydroxylation sites is 1. The molecule has 0 bridgehead atoms. The van der Waals surface area contributed by atoms with Gasteiger partial charge in [-0.15, -0.1) is 6.58 Å². The number of carbonyl (C=O) groups excluding carboxylic acids is 2. The summed E-state index contributed by atoms with van der Waals surface area (Å²) in [5.41, 5.74) is 0.952. The molecule has 0 saturated carbocycles. The zero-order valence-electron chi connectivity index (χ0n) is 31.2. The Balaban J connectivity index is 0.000000244. The van der Waals surface area contributed by atoms with Crippen molar-refractivity contribution in [2.24, 2.45) is 5.92 Å². The van der Waals surface area contributed by atoms with Crippen LogP contribution in [-0.4, -0.2) is 100 Å². The van der Waals surface area contributed by atoms with Crippen molar-refractivity contribution in [3.05, 3.63) is 89.4 Å².